The van der Waals surface area contributed by atoms with Crippen LogP contribution >= 0.6 is 0 Å². The van der Waals surface area contributed by atoms with Gasteiger partial charge in [0.05, 0.1) is 27.2 Å². The Bertz CT molecular complexity index is 1060. The Morgan fingerprint density at radius 3 is 2.47 bits per heavy atom. The van der Waals surface area contributed by atoms with Gasteiger partial charge in [0.25, 0.3) is 0 Å². The number of aryl methyl sites for hydroxylation is 2. The fraction of sp³-hybridized carbons (Fsp3) is 0.375. The first-order valence-electron chi connectivity index (χ1n) is 10.1. The first kappa shape index (κ1) is 20.1. The van der Waals surface area contributed by atoms with Crippen LogP contribution in [-0.4, -0.2) is 32.3 Å². The highest BCUT2D eigenvalue weighted by molar-refractivity contribution is 5.86. The van der Waals surface area contributed by atoms with Crippen LogP contribution in [-0.2, 0) is 29.0 Å². The second-order valence-corrected chi connectivity index (χ2v) is 7.71. The number of esters is 1. The zero-order valence-electron chi connectivity index (χ0n) is 17.8. The number of carbonyl (C=O) groups excluding carboxylic acids is 1. The molecule has 0 fully saturated rings. The minimum Gasteiger partial charge on any atom is -0.493 e. The molecule has 1 aliphatic rings. The standard InChI is InChI=1S/C24H27NO5/c1-14-5-7-19-17(9-14)18-12-16(6-8-20(18)25-19)24(26)30-13-15-10-21(27-2)23(29-4)22(11-15)28-3/h5,7,9-11,16,25H,6,8,12-13H2,1-4H3. The van der Waals surface area contributed by atoms with Gasteiger partial charge >= 0.3 is 5.97 Å². The number of rotatable bonds is 6. The van der Waals surface area contributed by atoms with Crippen LogP contribution in [0, 0.1) is 12.8 Å². The molecule has 1 heterocycles. The lowest BCUT2D eigenvalue weighted by molar-refractivity contribution is -0.150. The van der Waals surface area contributed by atoms with Gasteiger partial charge in [0.2, 0.25) is 5.75 Å². The summed E-state index contributed by atoms with van der Waals surface area (Å²) in [6.45, 7) is 2.25. The molecule has 2 aromatic carbocycles. The molecule has 1 N–H and O–H groups in total. The average molecular weight is 409 g/mol. The number of H-pyrrole nitrogens is 1. The minimum absolute atomic E-state index is 0.140. The molecule has 0 saturated carbocycles. The Morgan fingerprint density at radius 1 is 1.07 bits per heavy atom. The van der Waals surface area contributed by atoms with Crippen molar-refractivity contribution in [2.24, 2.45) is 5.92 Å². The first-order valence-corrected chi connectivity index (χ1v) is 10.1. The topological polar surface area (TPSA) is 69.8 Å². The smallest absolute Gasteiger partial charge is 0.309 e. The third-order valence-corrected chi connectivity index (χ3v) is 5.78. The lowest BCUT2D eigenvalue weighted by Crippen LogP contribution is -2.24. The maximum absolute atomic E-state index is 12.8. The van der Waals surface area contributed by atoms with Gasteiger partial charge in [-0.2, -0.15) is 0 Å². The van der Waals surface area contributed by atoms with E-state index in [0.29, 0.717) is 23.7 Å². The largest absolute Gasteiger partial charge is 0.493 e. The number of hydrogen-bond donors (Lipinski definition) is 1. The monoisotopic (exact) mass is 409 g/mol. The van der Waals surface area contributed by atoms with Crippen molar-refractivity contribution in [3.8, 4) is 17.2 Å². The molecule has 3 aromatic rings. The second-order valence-electron chi connectivity index (χ2n) is 7.71. The third-order valence-electron chi connectivity index (χ3n) is 5.78. The number of fused-ring (bicyclic) bond motifs is 3. The number of aromatic nitrogens is 1. The third kappa shape index (κ3) is 3.70. The number of nitrogens with one attached hydrogen (secondary N) is 1. The molecule has 0 bridgehead atoms. The van der Waals surface area contributed by atoms with E-state index in [2.05, 4.69) is 30.1 Å². The molecule has 158 valence electrons. The maximum Gasteiger partial charge on any atom is 0.309 e. The van der Waals surface area contributed by atoms with Crippen LogP contribution in [0.25, 0.3) is 10.9 Å². The van der Waals surface area contributed by atoms with Gasteiger partial charge in [-0.25, -0.2) is 0 Å². The molecule has 30 heavy (non-hydrogen) atoms. The van der Waals surface area contributed by atoms with Gasteiger partial charge in [-0.05, 0) is 61.6 Å². The van der Waals surface area contributed by atoms with Gasteiger partial charge in [-0.15, -0.1) is 0 Å². The molecule has 0 aliphatic heterocycles. The van der Waals surface area contributed by atoms with E-state index >= 15 is 0 Å². The number of aromatic amines is 1. The van der Waals surface area contributed by atoms with E-state index in [-0.39, 0.29) is 18.5 Å². The number of benzene rings is 2. The van der Waals surface area contributed by atoms with E-state index in [9.17, 15) is 4.79 Å². The highest BCUT2D eigenvalue weighted by Crippen LogP contribution is 2.38. The Hall–Kier alpha value is -3.15. The number of ether oxygens (including phenoxy) is 4. The zero-order valence-corrected chi connectivity index (χ0v) is 17.8. The fourth-order valence-electron chi connectivity index (χ4n) is 4.22. The summed E-state index contributed by atoms with van der Waals surface area (Å²) >= 11 is 0. The Kier molecular flexibility index (Phi) is 5.57. The summed E-state index contributed by atoms with van der Waals surface area (Å²) in [7, 11) is 4.69. The summed E-state index contributed by atoms with van der Waals surface area (Å²) in [5.41, 5.74) is 5.63. The molecule has 0 spiro atoms. The quantitative estimate of drug-likeness (QED) is 0.613. The van der Waals surface area contributed by atoms with Crippen molar-refractivity contribution in [3.63, 3.8) is 0 Å². The second kappa shape index (κ2) is 8.30. The van der Waals surface area contributed by atoms with E-state index in [1.165, 1.54) is 22.2 Å². The summed E-state index contributed by atoms with van der Waals surface area (Å²) in [6.07, 6.45) is 2.34. The number of carbonyl (C=O) groups is 1. The Balaban J connectivity index is 1.48. The first-order chi connectivity index (χ1) is 14.5. The van der Waals surface area contributed by atoms with Gasteiger partial charge in [0.1, 0.15) is 6.61 Å². The normalized spacial score (nSPS) is 15.5. The predicted molar refractivity (Wildman–Crippen MR) is 114 cm³/mol. The Morgan fingerprint density at radius 2 is 1.80 bits per heavy atom. The SMILES string of the molecule is COc1cc(COC(=O)C2CCc3[nH]c4ccc(C)cc4c3C2)cc(OC)c1OC. The summed E-state index contributed by atoms with van der Waals surface area (Å²) in [5.74, 6) is 1.29. The highest BCUT2D eigenvalue weighted by Gasteiger charge is 2.28. The summed E-state index contributed by atoms with van der Waals surface area (Å²) in [5, 5.41) is 1.21. The van der Waals surface area contributed by atoms with Crippen molar-refractivity contribution in [1.82, 2.24) is 4.98 Å². The van der Waals surface area contributed by atoms with E-state index in [4.69, 9.17) is 18.9 Å². The molecular weight excluding hydrogens is 382 g/mol. The van der Waals surface area contributed by atoms with Crippen LogP contribution in [0.2, 0.25) is 0 Å². The molecule has 6 nitrogen and oxygen atoms in total. The Labute approximate surface area is 176 Å². The molecule has 1 aromatic heterocycles. The summed E-state index contributed by atoms with van der Waals surface area (Å²) < 4.78 is 21.8. The van der Waals surface area contributed by atoms with Crippen LogP contribution < -0.4 is 14.2 Å². The van der Waals surface area contributed by atoms with Crippen molar-refractivity contribution in [3.05, 3.63) is 52.7 Å². The van der Waals surface area contributed by atoms with Gasteiger partial charge in [0, 0.05) is 16.6 Å². The van der Waals surface area contributed by atoms with Crippen molar-refractivity contribution in [2.75, 3.05) is 21.3 Å². The van der Waals surface area contributed by atoms with Crippen LogP contribution in [0.3, 0.4) is 0 Å². The van der Waals surface area contributed by atoms with Gasteiger partial charge in [0.15, 0.2) is 11.5 Å². The molecule has 1 aliphatic carbocycles. The van der Waals surface area contributed by atoms with Gasteiger partial charge < -0.3 is 23.9 Å². The predicted octanol–water partition coefficient (Wildman–Crippen LogP) is 4.35. The van der Waals surface area contributed by atoms with E-state index in [0.717, 1.165) is 23.9 Å². The minimum atomic E-state index is -0.170. The van der Waals surface area contributed by atoms with Gasteiger partial charge in [-0.1, -0.05) is 11.6 Å². The van der Waals surface area contributed by atoms with Crippen molar-refractivity contribution in [2.45, 2.75) is 32.8 Å². The number of methoxy groups -OCH3 is 3. The van der Waals surface area contributed by atoms with Crippen molar-refractivity contribution in [1.29, 1.82) is 0 Å². The zero-order chi connectivity index (χ0) is 21.3. The lowest BCUT2D eigenvalue weighted by atomic mass is 9.86. The van der Waals surface area contributed by atoms with Crippen LogP contribution in [0.5, 0.6) is 17.2 Å². The molecule has 1 unspecified atom stereocenters. The molecular formula is C24H27NO5. The van der Waals surface area contributed by atoms with E-state index < -0.39 is 0 Å². The summed E-state index contributed by atoms with van der Waals surface area (Å²) in [6, 6.07) is 10.0. The molecule has 4 rings (SSSR count). The van der Waals surface area contributed by atoms with Crippen molar-refractivity contribution < 1.29 is 23.7 Å². The highest BCUT2D eigenvalue weighted by atomic mass is 16.5. The molecule has 0 radical (unpaired) electrons. The molecule has 0 saturated heterocycles. The molecule has 0 amide bonds. The number of hydrogen-bond acceptors (Lipinski definition) is 5. The summed E-state index contributed by atoms with van der Waals surface area (Å²) in [4.78, 5) is 16.3. The van der Waals surface area contributed by atoms with E-state index in [1.54, 1.807) is 33.5 Å². The maximum atomic E-state index is 12.8. The van der Waals surface area contributed by atoms with Crippen LogP contribution in [0.15, 0.2) is 30.3 Å². The molecule has 1 atom stereocenters. The molecule has 6 heteroatoms. The lowest BCUT2D eigenvalue weighted by Gasteiger charge is -2.21. The fourth-order valence-corrected chi connectivity index (χ4v) is 4.22. The van der Waals surface area contributed by atoms with E-state index in [1.807, 2.05) is 0 Å². The van der Waals surface area contributed by atoms with Crippen molar-refractivity contribution >= 4 is 16.9 Å². The van der Waals surface area contributed by atoms with Crippen LogP contribution in [0.1, 0.15) is 28.8 Å². The average Bonchev–Trinajstić information content (AvgIpc) is 3.13. The van der Waals surface area contributed by atoms with Gasteiger partial charge in [-0.3, -0.25) is 4.79 Å². The van der Waals surface area contributed by atoms with Crippen LogP contribution in [0.4, 0.5) is 0 Å².